The Balaban J connectivity index is 0. The molecular weight excluding hydrogens is 336 g/mol. The predicted molar refractivity (Wildman–Crippen MR) is 101 cm³/mol. The fraction of sp³-hybridized carbons (Fsp3) is 0.800. The number of ether oxygens (including phenoxy) is 2. The van der Waals surface area contributed by atoms with E-state index in [1.807, 2.05) is 27.7 Å². The van der Waals surface area contributed by atoms with Crippen LogP contribution >= 0.6 is 0 Å². The fourth-order valence-corrected chi connectivity index (χ4v) is 1.59. The maximum atomic E-state index is 11.2. The first-order valence-corrected chi connectivity index (χ1v) is 9.25. The van der Waals surface area contributed by atoms with Gasteiger partial charge in [-0.2, -0.15) is 0 Å². The van der Waals surface area contributed by atoms with E-state index >= 15 is 0 Å². The van der Waals surface area contributed by atoms with Crippen molar-refractivity contribution in [3.05, 3.63) is 0 Å². The average molecular weight is 373 g/mol. The van der Waals surface area contributed by atoms with Crippen molar-refractivity contribution in [3.8, 4) is 0 Å². The number of hydrogen-bond acceptors (Lipinski definition) is 6. The number of carbonyl (C=O) groups is 4. The Labute approximate surface area is 158 Å². The highest BCUT2D eigenvalue weighted by molar-refractivity contribution is 5.83. The molecule has 2 atom stereocenters. The minimum atomic E-state index is -0.509. The van der Waals surface area contributed by atoms with Crippen LogP contribution in [-0.2, 0) is 28.7 Å². The van der Waals surface area contributed by atoms with Crippen molar-refractivity contribution >= 4 is 23.5 Å². The number of Topliss-reactive ketones (excluding diaryl/α,β-unsaturated/α-hetero) is 2. The van der Waals surface area contributed by atoms with Crippen LogP contribution in [0.1, 0.15) is 81.1 Å². The third kappa shape index (κ3) is 9.68. The molecule has 0 rings (SSSR count). The summed E-state index contributed by atoms with van der Waals surface area (Å²) in [5.74, 6) is -0.361. The molecule has 0 radical (unpaired) electrons. The van der Waals surface area contributed by atoms with Gasteiger partial charge in [0.25, 0.3) is 0 Å². The molecule has 152 valence electrons. The molecule has 0 unspecified atom stereocenters. The summed E-state index contributed by atoms with van der Waals surface area (Å²) in [6, 6.07) is 0. The quantitative estimate of drug-likeness (QED) is 0.541. The summed E-state index contributed by atoms with van der Waals surface area (Å²) in [6.07, 6.45) is 2.11. The molecule has 6 heteroatoms. The first-order chi connectivity index (χ1) is 11.9. The van der Waals surface area contributed by atoms with E-state index in [1.165, 1.54) is 13.8 Å². The molecule has 0 N–H and O–H groups in total. The lowest BCUT2D eigenvalue weighted by Gasteiger charge is -2.24. The Morgan fingerprint density at radius 3 is 1.08 bits per heavy atom. The van der Waals surface area contributed by atoms with Crippen LogP contribution in [0.3, 0.4) is 0 Å². The van der Waals surface area contributed by atoms with Crippen LogP contribution in [0.2, 0.25) is 0 Å². The second-order valence-corrected chi connectivity index (χ2v) is 6.97. The van der Waals surface area contributed by atoms with Crippen LogP contribution in [0, 0.1) is 10.8 Å². The van der Waals surface area contributed by atoms with Gasteiger partial charge >= 0.3 is 11.9 Å². The van der Waals surface area contributed by atoms with E-state index in [0.717, 1.165) is 0 Å². The van der Waals surface area contributed by atoms with Crippen LogP contribution < -0.4 is 0 Å². The second kappa shape index (κ2) is 12.6. The molecule has 0 aliphatic carbocycles. The Bertz CT molecular complexity index is 441. The second-order valence-electron chi connectivity index (χ2n) is 6.97. The molecule has 0 fully saturated rings. The monoisotopic (exact) mass is 372 g/mol. The summed E-state index contributed by atoms with van der Waals surface area (Å²) in [5.41, 5.74) is -1.02. The van der Waals surface area contributed by atoms with Crippen LogP contribution in [0.5, 0.6) is 0 Å². The standard InChI is InChI=1S/2C10H18O3/c2*1-5-9(12)13-7-10(4,6-2)8(3)11/h2*5-7H2,1-4H3/t2*10-/m10/s1. The largest absolute Gasteiger partial charge is 0.465 e. The highest BCUT2D eigenvalue weighted by atomic mass is 16.5. The van der Waals surface area contributed by atoms with Gasteiger partial charge in [0.15, 0.2) is 0 Å². The smallest absolute Gasteiger partial charge is 0.305 e. The van der Waals surface area contributed by atoms with Gasteiger partial charge in [-0.3, -0.25) is 19.2 Å². The molecule has 0 spiro atoms. The lowest BCUT2D eigenvalue weighted by molar-refractivity contribution is -0.150. The number of carbonyl (C=O) groups excluding carboxylic acids is 4. The molecule has 0 saturated carbocycles. The van der Waals surface area contributed by atoms with E-state index in [9.17, 15) is 19.2 Å². The molecule has 0 aliphatic heterocycles. The van der Waals surface area contributed by atoms with Gasteiger partial charge in [0.1, 0.15) is 24.8 Å². The minimum absolute atomic E-state index is 0.0684. The number of hydrogen-bond donors (Lipinski definition) is 0. The van der Waals surface area contributed by atoms with Crippen molar-refractivity contribution in [2.45, 2.75) is 81.1 Å². The van der Waals surface area contributed by atoms with E-state index in [2.05, 4.69) is 0 Å². The molecule has 0 bridgehead atoms. The van der Waals surface area contributed by atoms with Gasteiger partial charge in [-0.05, 0) is 40.5 Å². The van der Waals surface area contributed by atoms with E-state index in [4.69, 9.17) is 9.47 Å². The van der Waals surface area contributed by atoms with Gasteiger partial charge in [-0.15, -0.1) is 0 Å². The molecule has 0 heterocycles. The number of ketones is 2. The lowest BCUT2D eigenvalue weighted by atomic mass is 9.85. The number of esters is 2. The van der Waals surface area contributed by atoms with Crippen LogP contribution in [0.15, 0.2) is 0 Å². The first-order valence-electron chi connectivity index (χ1n) is 9.25. The van der Waals surface area contributed by atoms with Crippen molar-refractivity contribution in [2.24, 2.45) is 10.8 Å². The molecule has 0 amide bonds. The van der Waals surface area contributed by atoms with Crippen LogP contribution in [0.25, 0.3) is 0 Å². The first kappa shape index (κ1) is 26.5. The third-order valence-corrected chi connectivity index (χ3v) is 4.94. The Kier molecular flexibility index (Phi) is 12.9. The van der Waals surface area contributed by atoms with E-state index in [1.54, 1.807) is 13.8 Å². The van der Waals surface area contributed by atoms with E-state index in [0.29, 0.717) is 25.7 Å². The maximum absolute atomic E-state index is 11.2. The van der Waals surface area contributed by atoms with E-state index < -0.39 is 10.8 Å². The normalized spacial score (nSPS) is 14.8. The highest BCUT2D eigenvalue weighted by Gasteiger charge is 2.30. The summed E-state index contributed by atoms with van der Waals surface area (Å²) >= 11 is 0. The van der Waals surface area contributed by atoms with Gasteiger partial charge in [0, 0.05) is 12.8 Å². The van der Waals surface area contributed by atoms with Crippen molar-refractivity contribution in [3.63, 3.8) is 0 Å². The van der Waals surface area contributed by atoms with Crippen molar-refractivity contribution in [2.75, 3.05) is 13.2 Å². The fourth-order valence-electron chi connectivity index (χ4n) is 1.59. The molecule has 0 aromatic carbocycles. The van der Waals surface area contributed by atoms with Crippen LogP contribution in [-0.4, -0.2) is 36.7 Å². The average Bonchev–Trinajstić information content (AvgIpc) is 2.63. The summed E-state index contributed by atoms with van der Waals surface area (Å²) in [6.45, 7) is 14.4. The molecule has 6 nitrogen and oxygen atoms in total. The zero-order valence-corrected chi connectivity index (χ0v) is 17.7. The summed E-state index contributed by atoms with van der Waals surface area (Å²) in [7, 11) is 0. The maximum Gasteiger partial charge on any atom is 0.305 e. The van der Waals surface area contributed by atoms with Crippen molar-refractivity contribution in [1.29, 1.82) is 0 Å². The highest BCUT2D eigenvalue weighted by Crippen LogP contribution is 2.23. The van der Waals surface area contributed by atoms with Gasteiger partial charge < -0.3 is 9.47 Å². The van der Waals surface area contributed by atoms with Crippen molar-refractivity contribution in [1.82, 2.24) is 0 Å². The SMILES string of the molecule is CCC(=O)OC[C@@](C)(CC)C(C)=O.CCC(=O)OC[C@](C)(CC)C(C)=O. The molecule has 0 saturated heterocycles. The van der Waals surface area contributed by atoms with Gasteiger partial charge in [-0.25, -0.2) is 0 Å². The molecule has 0 aromatic heterocycles. The predicted octanol–water partition coefficient (Wildman–Crippen LogP) is 3.89. The third-order valence-electron chi connectivity index (χ3n) is 4.94. The topological polar surface area (TPSA) is 86.7 Å². The number of rotatable bonds is 10. The minimum Gasteiger partial charge on any atom is -0.465 e. The molecule has 0 aliphatic rings. The summed E-state index contributed by atoms with van der Waals surface area (Å²) < 4.78 is 9.90. The van der Waals surface area contributed by atoms with Gasteiger partial charge in [-0.1, -0.05) is 27.7 Å². The Morgan fingerprint density at radius 1 is 0.654 bits per heavy atom. The van der Waals surface area contributed by atoms with Gasteiger partial charge in [0.05, 0.1) is 10.8 Å². The molecule has 0 aromatic rings. The van der Waals surface area contributed by atoms with Gasteiger partial charge in [0.2, 0.25) is 0 Å². The summed E-state index contributed by atoms with van der Waals surface area (Å²) in [4.78, 5) is 44.1. The summed E-state index contributed by atoms with van der Waals surface area (Å²) in [5, 5.41) is 0. The molecular formula is C20H36O6. The Hall–Kier alpha value is -1.72. The van der Waals surface area contributed by atoms with Crippen LogP contribution in [0.4, 0.5) is 0 Å². The molecule has 26 heavy (non-hydrogen) atoms. The Morgan fingerprint density at radius 2 is 0.923 bits per heavy atom. The van der Waals surface area contributed by atoms with Crippen molar-refractivity contribution < 1.29 is 28.7 Å². The zero-order valence-electron chi connectivity index (χ0n) is 17.7. The zero-order chi connectivity index (χ0) is 21.0. The lowest BCUT2D eigenvalue weighted by Crippen LogP contribution is -2.31. The van der Waals surface area contributed by atoms with E-state index in [-0.39, 0.29) is 36.7 Å².